The van der Waals surface area contributed by atoms with Crippen LogP contribution in [-0.2, 0) is 0 Å². The zero-order valence-electron chi connectivity index (χ0n) is 10.0. The Balaban J connectivity index is 1.89. The first kappa shape index (κ1) is 11.8. The van der Waals surface area contributed by atoms with Gasteiger partial charge in [-0.25, -0.2) is 0 Å². The normalized spacial score (nSPS) is 10.8. The Kier molecular flexibility index (Phi) is 2.76. The first-order valence-electron chi connectivity index (χ1n) is 5.65. The van der Waals surface area contributed by atoms with E-state index in [1.165, 1.54) is 0 Å². The predicted octanol–water partition coefficient (Wildman–Crippen LogP) is 3.37. The smallest absolute Gasteiger partial charge is 0.273 e. The molecule has 0 spiro atoms. The highest BCUT2D eigenvalue weighted by Crippen LogP contribution is 2.20. The van der Waals surface area contributed by atoms with E-state index in [9.17, 15) is 4.79 Å². The molecular formula is C13H10ClN3O2. The van der Waals surface area contributed by atoms with Gasteiger partial charge in [-0.2, -0.15) is 0 Å². The van der Waals surface area contributed by atoms with Gasteiger partial charge in [0.05, 0.1) is 0 Å². The number of aromatic nitrogens is 2. The summed E-state index contributed by atoms with van der Waals surface area (Å²) in [6.07, 6.45) is 0. The van der Waals surface area contributed by atoms with Gasteiger partial charge in [0.1, 0.15) is 11.5 Å². The molecule has 1 amide bonds. The highest BCUT2D eigenvalue weighted by atomic mass is 35.5. The van der Waals surface area contributed by atoms with E-state index in [1.807, 2.05) is 6.07 Å². The number of benzene rings is 1. The van der Waals surface area contributed by atoms with Gasteiger partial charge in [-0.1, -0.05) is 22.8 Å². The van der Waals surface area contributed by atoms with Crippen LogP contribution in [-0.4, -0.2) is 16.0 Å². The van der Waals surface area contributed by atoms with Gasteiger partial charge in [-0.05, 0) is 25.1 Å². The lowest BCUT2D eigenvalue weighted by molar-refractivity contribution is 0.102. The van der Waals surface area contributed by atoms with E-state index in [1.54, 1.807) is 31.2 Å². The first-order chi connectivity index (χ1) is 9.11. The van der Waals surface area contributed by atoms with Gasteiger partial charge in [-0.15, -0.1) is 0 Å². The van der Waals surface area contributed by atoms with E-state index < -0.39 is 0 Å². The minimum atomic E-state index is -0.277. The van der Waals surface area contributed by atoms with Crippen molar-refractivity contribution in [1.29, 1.82) is 0 Å². The molecule has 0 saturated heterocycles. The van der Waals surface area contributed by atoms with E-state index in [0.717, 1.165) is 10.9 Å². The lowest BCUT2D eigenvalue weighted by Gasteiger charge is -1.97. The molecule has 6 heteroatoms. The van der Waals surface area contributed by atoms with Crippen LogP contribution in [0.4, 0.5) is 5.82 Å². The summed E-state index contributed by atoms with van der Waals surface area (Å²) in [5, 5.41) is 7.89. The molecule has 0 aliphatic rings. The third-order valence-corrected chi connectivity index (χ3v) is 2.93. The Bertz CT molecular complexity index is 760. The monoisotopic (exact) mass is 275 g/mol. The molecule has 0 saturated carbocycles. The predicted molar refractivity (Wildman–Crippen MR) is 72.5 cm³/mol. The molecule has 0 unspecified atom stereocenters. The van der Waals surface area contributed by atoms with E-state index in [2.05, 4.69) is 15.5 Å². The Morgan fingerprint density at radius 2 is 2.21 bits per heavy atom. The molecule has 0 atom stereocenters. The summed E-state index contributed by atoms with van der Waals surface area (Å²) < 4.78 is 4.88. The molecule has 2 aromatic heterocycles. The first-order valence-corrected chi connectivity index (χ1v) is 6.02. The summed E-state index contributed by atoms with van der Waals surface area (Å²) >= 11 is 5.90. The fourth-order valence-electron chi connectivity index (χ4n) is 1.83. The van der Waals surface area contributed by atoms with Gasteiger partial charge in [0.15, 0.2) is 5.82 Å². The number of aromatic amines is 1. The zero-order valence-corrected chi connectivity index (χ0v) is 10.8. The Hall–Kier alpha value is -2.27. The van der Waals surface area contributed by atoms with Gasteiger partial charge in [0, 0.05) is 22.0 Å². The number of hydrogen-bond donors (Lipinski definition) is 2. The van der Waals surface area contributed by atoms with Crippen molar-refractivity contribution in [2.24, 2.45) is 0 Å². The summed E-state index contributed by atoms with van der Waals surface area (Å²) in [6, 6.07) is 8.81. The molecular weight excluding hydrogens is 266 g/mol. The van der Waals surface area contributed by atoms with Crippen LogP contribution in [0.2, 0.25) is 5.02 Å². The van der Waals surface area contributed by atoms with E-state index in [4.69, 9.17) is 16.1 Å². The number of fused-ring (bicyclic) bond motifs is 1. The molecule has 96 valence electrons. The van der Waals surface area contributed by atoms with Gasteiger partial charge in [0.25, 0.3) is 5.91 Å². The standard InChI is InChI=1S/C13H10ClN3O2/c1-7-4-12(17-19-7)16-13(18)11-5-8-2-3-9(14)6-10(8)15-11/h2-6,15H,1H3,(H,16,17,18). The number of amides is 1. The molecule has 19 heavy (non-hydrogen) atoms. The third kappa shape index (κ3) is 2.32. The second kappa shape index (κ2) is 4.44. The minimum Gasteiger partial charge on any atom is -0.360 e. The van der Waals surface area contributed by atoms with Gasteiger partial charge in [-0.3, -0.25) is 4.79 Å². The van der Waals surface area contributed by atoms with Crippen LogP contribution < -0.4 is 5.32 Å². The van der Waals surface area contributed by atoms with Crippen molar-refractivity contribution in [3.05, 3.63) is 46.8 Å². The van der Waals surface area contributed by atoms with Gasteiger partial charge in [0.2, 0.25) is 0 Å². The van der Waals surface area contributed by atoms with Crippen LogP contribution >= 0.6 is 11.6 Å². The van der Waals surface area contributed by atoms with Crippen LogP contribution in [0.15, 0.2) is 34.9 Å². The molecule has 0 bridgehead atoms. The molecule has 1 aromatic carbocycles. The molecule has 2 N–H and O–H groups in total. The number of halogens is 1. The molecule has 0 aliphatic heterocycles. The quantitative estimate of drug-likeness (QED) is 0.753. The topological polar surface area (TPSA) is 70.9 Å². The Morgan fingerprint density at radius 1 is 1.37 bits per heavy atom. The molecule has 0 aliphatic carbocycles. The van der Waals surface area contributed by atoms with Gasteiger partial charge >= 0.3 is 0 Å². The van der Waals surface area contributed by atoms with Crippen molar-refractivity contribution in [3.63, 3.8) is 0 Å². The number of aryl methyl sites for hydroxylation is 1. The molecule has 0 radical (unpaired) electrons. The number of anilines is 1. The van der Waals surface area contributed by atoms with E-state index in [-0.39, 0.29) is 5.91 Å². The average Bonchev–Trinajstić information content (AvgIpc) is 2.95. The molecule has 3 rings (SSSR count). The fraction of sp³-hybridized carbons (Fsp3) is 0.0769. The lowest BCUT2D eigenvalue weighted by atomic mass is 10.2. The molecule has 0 fully saturated rings. The highest BCUT2D eigenvalue weighted by Gasteiger charge is 2.11. The number of carbonyl (C=O) groups is 1. The number of hydrogen-bond acceptors (Lipinski definition) is 3. The fourth-order valence-corrected chi connectivity index (χ4v) is 2.00. The summed E-state index contributed by atoms with van der Waals surface area (Å²) in [4.78, 5) is 15.0. The number of nitrogens with one attached hydrogen (secondary N) is 2. The lowest BCUT2D eigenvalue weighted by Crippen LogP contribution is -2.12. The summed E-state index contributed by atoms with van der Waals surface area (Å²) in [5.74, 6) is 0.749. The van der Waals surface area contributed by atoms with Crippen LogP contribution in [0.1, 0.15) is 16.2 Å². The van der Waals surface area contributed by atoms with Crippen LogP contribution in [0, 0.1) is 6.92 Å². The number of nitrogens with zero attached hydrogens (tertiary/aromatic N) is 1. The second-order valence-corrected chi connectivity index (χ2v) is 4.63. The maximum Gasteiger partial charge on any atom is 0.273 e. The van der Waals surface area contributed by atoms with Crippen molar-refractivity contribution in [1.82, 2.24) is 10.1 Å². The van der Waals surface area contributed by atoms with Crippen molar-refractivity contribution < 1.29 is 9.32 Å². The maximum atomic E-state index is 12.0. The number of H-pyrrole nitrogens is 1. The van der Waals surface area contributed by atoms with Crippen LogP contribution in [0.5, 0.6) is 0 Å². The Morgan fingerprint density at radius 3 is 2.95 bits per heavy atom. The maximum absolute atomic E-state index is 12.0. The van der Waals surface area contributed by atoms with Gasteiger partial charge < -0.3 is 14.8 Å². The van der Waals surface area contributed by atoms with Crippen molar-refractivity contribution >= 4 is 34.2 Å². The van der Waals surface area contributed by atoms with Crippen LogP contribution in [0.3, 0.4) is 0 Å². The Labute approximate surface area is 113 Å². The van der Waals surface area contributed by atoms with Crippen LogP contribution in [0.25, 0.3) is 10.9 Å². The molecule has 2 heterocycles. The van der Waals surface area contributed by atoms with Crippen molar-refractivity contribution in [3.8, 4) is 0 Å². The zero-order chi connectivity index (χ0) is 13.4. The number of rotatable bonds is 2. The SMILES string of the molecule is Cc1cc(NC(=O)c2cc3ccc(Cl)cc3[nH]2)no1. The highest BCUT2D eigenvalue weighted by molar-refractivity contribution is 6.31. The van der Waals surface area contributed by atoms with Crippen molar-refractivity contribution in [2.45, 2.75) is 6.92 Å². The van der Waals surface area contributed by atoms with E-state index >= 15 is 0 Å². The summed E-state index contributed by atoms with van der Waals surface area (Å²) in [5.41, 5.74) is 1.26. The molecule has 5 nitrogen and oxygen atoms in total. The summed E-state index contributed by atoms with van der Waals surface area (Å²) in [6.45, 7) is 1.76. The average molecular weight is 276 g/mol. The molecule has 3 aromatic rings. The second-order valence-electron chi connectivity index (χ2n) is 4.19. The largest absolute Gasteiger partial charge is 0.360 e. The van der Waals surface area contributed by atoms with Crippen molar-refractivity contribution in [2.75, 3.05) is 5.32 Å². The minimum absolute atomic E-state index is 0.277. The third-order valence-electron chi connectivity index (χ3n) is 2.70. The number of carbonyl (C=O) groups excluding carboxylic acids is 1. The summed E-state index contributed by atoms with van der Waals surface area (Å²) in [7, 11) is 0. The van der Waals surface area contributed by atoms with E-state index in [0.29, 0.717) is 22.3 Å².